The van der Waals surface area contributed by atoms with Crippen LogP contribution in [-0.4, -0.2) is 44.0 Å². The fourth-order valence-corrected chi connectivity index (χ4v) is 1.99. The first kappa shape index (κ1) is 21.1. The van der Waals surface area contributed by atoms with Crippen LogP contribution in [0.15, 0.2) is 24.3 Å². The SMILES string of the molecule is CN(C)c1ccc(C=O)cc1.NC1CCCCC1.NCC(=O)O. The third kappa shape index (κ3) is 11.3. The molecule has 23 heavy (non-hydrogen) atoms. The molecule has 1 fully saturated rings. The number of aliphatic carboxylic acids is 1. The molecule has 0 aliphatic heterocycles. The molecular weight excluding hydrogens is 294 g/mol. The van der Waals surface area contributed by atoms with Crippen molar-refractivity contribution < 1.29 is 14.7 Å². The van der Waals surface area contributed by atoms with Gasteiger partial charge in [-0.3, -0.25) is 9.59 Å². The summed E-state index contributed by atoms with van der Waals surface area (Å²) in [6.45, 7) is -0.278. The molecule has 0 aromatic heterocycles. The van der Waals surface area contributed by atoms with Crippen molar-refractivity contribution in [1.82, 2.24) is 0 Å². The maximum atomic E-state index is 10.3. The summed E-state index contributed by atoms with van der Waals surface area (Å²) in [5.74, 6) is -0.968. The molecule has 1 aromatic rings. The molecule has 130 valence electrons. The number of nitrogens with two attached hydrogens (primary N) is 2. The zero-order valence-electron chi connectivity index (χ0n) is 14.1. The van der Waals surface area contributed by atoms with Gasteiger partial charge in [0, 0.05) is 31.4 Å². The molecule has 6 heteroatoms. The van der Waals surface area contributed by atoms with E-state index in [1.807, 2.05) is 43.3 Å². The van der Waals surface area contributed by atoms with Gasteiger partial charge in [0.1, 0.15) is 6.29 Å². The standard InChI is InChI=1S/C9H11NO.C6H13N.C2H5NO2/c1-10(2)9-5-3-8(7-11)4-6-9;7-6-4-2-1-3-5-6;3-1-2(4)5/h3-7H,1-2H3;6H,1-5,7H2;1,3H2,(H,4,5). The third-order valence-corrected chi connectivity index (χ3v) is 3.37. The Hall–Kier alpha value is -1.92. The van der Waals surface area contributed by atoms with Crippen molar-refractivity contribution in [2.75, 3.05) is 25.5 Å². The monoisotopic (exact) mass is 323 g/mol. The lowest BCUT2D eigenvalue weighted by molar-refractivity contribution is -0.135. The number of carboxylic acid groups (broad SMARTS) is 1. The summed E-state index contributed by atoms with van der Waals surface area (Å²) >= 11 is 0. The molecule has 0 heterocycles. The average molecular weight is 323 g/mol. The normalized spacial score (nSPS) is 13.7. The lowest BCUT2D eigenvalue weighted by atomic mass is 9.97. The number of carbonyl (C=O) groups is 2. The molecule has 0 bridgehead atoms. The number of hydrogen-bond acceptors (Lipinski definition) is 5. The molecular formula is C17H29N3O3. The molecule has 1 aliphatic rings. The molecule has 1 aromatic carbocycles. The van der Waals surface area contributed by atoms with Crippen LogP contribution in [-0.2, 0) is 4.79 Å². The Bertz CT molecular complexity index is 441. The first-order valence-corrected chi connectivity index (χ1v) is 7.80. The van der Waals surface area contributed by atoms with Crippen LogP contribution in [0.25, 0.3) is 0 Å². The van der Waals surface area contributed by atoms with Crippen molar-refractivity contribution >= 4 is 17.9 Å². The van der Waals surface area contributed by atoms with Gasteiger partial charge in [0.25, 0.3) is 0 Å². The number of aldehydes is 1. The first-order valence-electron chi connectivity index (χ1n) is 7.80. The van der Waals surface area contributed by atoms with Crippen LogP contribution in [0.4, 0.5) is 5.69 Å². The van der Waals surface area contributed by atoms with E-state index in [4.69, 9.17) is 10.8 Å². The number of hydrogen-bond donors (Lipinski definition) is 3. The summed E-state index contributed by atoms with van der Waals surface area (Å²) in [6.07, 6.45) is 7.51. The van der Waals surface area contributed by atoms with Gasteiger partial charge >= 0.3 is 5.97 Å². The molecule has 2 rings (SSSR count). The predicted molar refractivity (Wildman–Crippen MR) is 93.9 cm³/mol. The Balaban J connectivity index is 0.000000347. The zero-order valence-corrected chi connectivity index (χ0v) is 14.1. The van der Waals surface area contributed by atoms with Gasteiger partial charge in [0.2, 0.25) is 0 Å². The highest BCUT2D eigenvalue weighted by Gasteiger charge is 2.06. The van der Waals surface area contributed by atoms with Gasteiger partial charge in [-0.25, -0.2) is 0 Å². The van der Waals surface area contributed by atoms with Crippen molar-refractivity contribution in [2.45, 2.75) is 38.1 Å². The highest BCUT2D eigenvalue weighted by molar-refractivity contribution is 5.75. The van der Waals surface area contributed by atoms with Crippen LogP contribution in [0.2, 0.25) is 0 Å². The second kappa shape index (κ2) is 12.6. The van der Waals surface area contributed by atoms with Crippen molar-refractivity contribution in [3.05, 3.63) is 29.8 Å². The number of benzene rings is 1. The highest BCUT2D eigenvalue weighted by atomic mass is 16.4. The van der Waals surface area contributed by atoms with Crippen LogP contribution in [0.3, 0.4) is 0 Å². The van der Waals surface area contributed by atoms with E-state index in [1.54, 1.807) is 0 Å². The van der Waals surface area contributed by atoms with Crippen molar-refractivity contribution in [1.29, 1.82) is 0 Å². The molecule has 0 saturated heterocycles. The van der Waals surface area contributed by atoms with E-state index >= 15 is 0 Å². The summed E-state index contributed by atoms with van der Waals surface area (Å²) in [4.78, 5) is 21.5. The summed E-state index contributed by atoms with van der Waals surface area (Å²) < 4.78 is 0. The maximum absolute atomic E-state index is 10.3. The van der Waals surface area contributed by atoms with Crippen molar-refractivity contribution in [3.63, 3.8) is 0 Å². The lowest BCUT2D eigenvalue weighted by Crippen LogP contribution is -2.22. The van der Waals surface area contributed by atoms with Gasteiger partial charge < -0.3 is 21.5 Å². The molecule has 0 amide bonds. The summed E-state index contributed by atoms with van der Waals surface area (Å²) in [5, 5.41) is 7.60. The van der Waals surface area contributed by atoms with E-state index in [0.29, 0.717) is 6.04 Å². The van der Waals surface area contributed by atoms with Gasteiger partial charge in [0.05, 0.1) is 6.54 Å². The van der Waals surface area contributed by atoms with Crippen LogP contribution in [0.5, 0.6) is 0 Å². The minimum absolute atomic E-state index is 0.278. The van der Waals surface area contributed by atoms with E-state index in [0.717, 1.165) is 17.5 Å². The van der Waals surface area contributed by atoms with Crippen LogP contribution in [0.1, 0.15) is 42.5 Å². The number of anilines is 1. The van der Waals surface area contributed by atoms with Gasteiger partial charge in [0.15, 0.2) is 0 Å². The molecule has 0 radical (unpaired) electrons. The third-order valence-electron chi connectivity index (χ3n) is 3.37. The quantitative estimate of drug-likeness (QED) is 0.733. The van der Waals surface area contributed by atoms with Gasteiger partial charge in [-0.15, -0.1) is 0 Å². The molecule has 1 saturated carbocycles. The molecule has 5 N–H and O–H groups in total. The van der Waals surface area contributed by atoms with E-state index in [9.17, 15) is 9.59 Å². The minimum Gasteiger partial charge on any atom is -0.480 e. The fourth-order valence-electron chi connectivity index (χ4n) is 1.99. The van der Waals surface area contributed by atoms with Gasteiger partial charge in [-0.1, -0.05) is 19.3 Å². The van der Waals surface area contributed by atoms with Crippen LogP contribution in [0, 0.1) is 0 Å². The van der Waals surface area contributed by atoms with E-state index in [-0.39, 0.29) is 6.54 Å². The van der Waals surface area contributed by atoms with Crippen LogP contribution >= 0.6 is 0 Å². The number of nitrogens with zero attached hydrogens (tertiary/aromatic N) is 1. The highest BCUT2D eigenvalue weighted by Crippen LogP contribution is 2.14. The summed E-state index contributed by atoms with van der Waals surface area (Å²) in [6, 6.07) is 7.99. The second-order valence-corrected chi connectivity index (χ2v) is 5.60. The lowest BCUT2D eigenvalue weighted by Gasteiger charge is -2.15. The van der Waals surface area contributed by atoms with Crippen LogP contribution < -0.4 is 16.4 Å². The zero-order chi connectivity index (χ0) is 17.7. The average Bonchev–Trinajstić information content (AvgIpc) is 2.56. The van der Waals surface area contributed by atoms with E-state index < -0.39 is 5.97 Å². The topological polar surface area (TPSA) is 110 Å². The van der Waals surface area contributed by atoms with Crippen molar-refractivity contribution in [2.24, 2.45) is 11.5 Å². The molecule has 0 unspecified atom stereocenters. The fraction of sp³-hybridized carbons (Fsp3) is 0.529. The predicted octanol–water partition coefficient (Wildman–Crippen LogP) is 1.87. The minimum atomic E-state index is -0.968. The van der Waals surface area contributed by atoms with Crippen molar-refractivity contribution in [3.8, 4) is 0 Å². The smallest absolute Gasteiger partial charge is 0.317 e. The Labute approximate surface area is 138 Å². The largest absolute Gasteiger partial charge is 0.480 e. The van der Waals surface area contributed by atoms with Gasteiger partial charge in [-0.2, -0.15) is 0 Å². The molecule has 0 spiro atoms. The van der Waals surface area contributed by atoms with E-state index in [1.165, 1.54) is 32.1 Å². The summed E-state index contributed by atoms with van der Waals surface area (Å²) in [5.41, 5.74) is 12.0. The number of rotatable bonds is 3. The number of carboxylic acids is 1. The molecule has 0 atom stereocenters. The Morgan fingerprint density at radius 1 is 1.22 bits per heavy atom. The Morgan fingerprint density at radius 2 is 1.70 bits per heavy atom. The van der Waals surface area contributed by atoms with E-state index in [2.05, 4.69) is 5.73 Å². The Kier molecular flexibility index (Phi) is 11.6. The maximum Gasteiger partial charge on any atom is 0.317 e. The molecule has 1 aliphatic carbocycles. The Morgan fingerprint density at radius 3 is 1.96 bits per heavy atom. The first-order chi connectivity index (χ1) is 10.9. The summed E-state index contributed by atoms with van der Waals surface area (Å²) in [7, 11) is 3.94. The second-order valence-electron chi connectivity index (χ2n) is 5.60. The van der Waals surface area contributed by atoms with Gasteiger partial charge in [-0.05, 0) is 37.1 Å². The molecule has 6 nitrogen and oxygen atoms in total. The number of carbonyl (C=O) groups excluding carboxylic acids is 1.